The molecule has 1 aromatic carbocycles. The highest BCUT2D eigenvalue weighted by Gasteiger charge is 2.38. The fraction of sp³-hybridized carbons (Fsp3) is 0.579. The van der Waals surface area contributed by atoms with Gasteiger partial charge in [0.05, 0.1) is 5.60 Å². The van der Waals surface area contributed by atoms with E-state index in [0.29, 0.717) is 38.9 Å². The summed E-state index contributed by atoms with van der Waals surface area (Å²) < 4.78 is 0. The van der Waals surface area contributed by atoms with Gasteiger partial charge in [0, 0.05) is 38.9 Å². The number of amides is 2. The number of likely N-dealkylation sites (tertiary alicyclic amines) is 1. The molecule has 1 aliphatic heterocycles. The summed E-state index contributed by atoms with van der Waals surface area (Å²) >= 11 is 0. The van der Waals surface area contributed by atoms with Crippen molar-refractivity contribution in [3.05, 3.63) is 35.9 Å². The van der Waals surface area contributed by atoms with Gasteiger partial charge in [0.25, 0.3) is 0 Å². The second kappa shape index (κ2) is 8.29. The number of hydrogen-bond acceptors (Lipinski definition) is 3. The van der Waals surface area contributed by atoms with Gasteiger partial charge in [-0.2, -0.15) is 0 Å². The van der Waals surface area contributed by atoms with Gasteiger partial charge in [0.2, 0.25) is 11.8 Å². The molecule has 24 heavy (non-hydrogen) atoms. The molecule has 1 aromatic rings. The Hall–Kier alpha value is -1.88. The van der Waals surface area contributed by atoms with Gasteiger partial charge in [0.1, 0.15) is 0 Å². The molecule has 1 aliphatic rings. The number of piperidine rings is 1. The molecule has 0 unspecified atom stereocenters. The molecule has 1 heterocycles. The smallest absolute Gasteiger partial charge is 0.222 e. The first-order valence-electron chi connectivity index (χ1n) is 8.67. The minimum atomic E-state index is -0.747. The van der Waals surface area contributed by atoms with E-state index < -0.39 is 5.60 Å². The Balaban J connectivity index is 1.89. The number of carbonyl (C=O) groups excluding carboxylic acids is 2. The topological polar surface area (TPSA) is 69.6 Å². The van der Waals surface area contributed by atoms with Crippen molar-refractivity contribution < 1.29 is 14.7 Å². The second-order valence-corrected chi connectivity index (χ2v) is 6.92. The maximum Gasteiger partial charge on any atom is 0.222 e. The van der Waals surface area contributed by atoms with E-state index in [1.165, 1.54) is 12.5 Å². The summed E-state index contributed by atoms with van der Waals surface area (Å²) in [4.78, 5) is 25.1. The van der Waals surface area contributed by atoms with E-state index in [0.717, 1.165) is 6.42 Å². The minimum absolute atomic E-state index is 0.0351. The monoisotopic (exact) mass is 332 g/mol. The third-order valence-electron chi connectivity index (χ3n) is 4.83. The van der Waals surface area contributed by atoms with Crippen molar-refractivity contribution in [1.29, 1.82) is 0 Å². The molecule has 2 amide bonds. The maximum absolute atomic E-state index is 12.4. The molecule has 5 heteroatoms. The molecule has 2 N–H and O–H groups in total. The van der Waals surface area contributed by atoms with Gasteiger partial charge >= 0.3 is 0 Å². The van der Waals surface area contributed by atoms with Crippen LogP contribution in [0.5, 0.6) is 0 Å². The fourth-order valence-corrected chi connectivity index (χ4v) is 3.19. The van der Waals surface area contributed by atoms with Gasteiger partial charge in [-0.3, -0.25) is 9.59 Å². The van der Waals surface area contributed by atoms with Crippen molar-refractivity contribution in [2.45, 2.75) is 45.1 Å². The van der Waals surface area contributed by atoms with Crippen molar-refractivity contribution in [2.24, 2.45) is 5.92 Å². The molecule has 0 aromatic heterocycles. The second-order valence-electron chi connectivity index (χ2n) is 6.92. The van der Waals surface area contributed by atoms with Crippen LogP contribution in [0.1, 0.15) is 38.7 Å². The molecular formula is C19H28N2O3. The van der Waals surface area contributed by atoms with Crippen LogP contribution in [0.15, 0.2) is 30.3 Å². The molecule has 0 aliphatic carbocycles. The van der Waals surface area contributed by atoms with E-state index in [-0.39, 0.29) is 17.7 Å². The van der Waals surface area contributed by atoms with Crippen LogP contribution in [-0.4, -0.2) is 47.1 Å². The average molecular weight is 332 g/mol. The van der Waals surface area contributed by atoms with Crippen LogP contribution in [0.25, 0.3) is 0 Å². The fourth-order valence-electron chi connectivity index (χ4n) is 3.19. The minimum Gasteiger partial charge on any atom is -0.390 e. The standard InChI is InChI=1S/C19H28N2O3/c1-15(22)20-11-6-9-18(23)21-12-10-19(2,24)17(14-21)13-16-7-4-3-5-8-16/h3-5,7-8,17,24H,6,9-14H2,1-2H3,(H,20,22)/t17-,19+/m0/s1. The van der Waals surface area contributed by atoms with E-state index in [2.05, 4.69) is 17.4 Å². The van der Waals surface area contributed by atoms with E-state index >= 15 is 0 Å². The van der Waals surface area contributed by atoms with Gasteiger partial charge in [0.15, 0.2) is 0 Å². The first kappa shape index (κ1) is 18.5. The lowest BCUT2D eigenvalue weighted by atomic mass is 9.78. The molecule has 5 nitrogen and oxygen atoms in total. The number of nitrogens with zero attached hydrogens (tertiary/aromatic N) is 1. The van der Waals surface area contributed by atoms with Crippen LogP contribution < -0.4 is 5.32 Å². The lowest BCUT2D eigenvalue weighted by molar-refractivity contribution is -0.139. The van der Waals surface area contributed by atoms with E-state index in [4.69, 9.17) is 0 Å². The number of aliphatic hydroxyl groups is 1. The van der Waals surface area contributed by atoms with Crippen LogP contribution in [0.2, 0.25) is 0 Å². The predicted octanol–water partition coefficient (Wildman–Crippen LogP) is 1.74. The Bertz CT molecular complexity index is 557. The first-order chi connectivity index (χ1) is 11.4. The molecule has 1 saturated heterocycles. The molecule has 2 rings (SSSR count). The van der Waals surface area contributed by atoms with E-state index in [1.54, 1.807) is 0 Å². The van der Waals surface area contributed by atoms with Crippen molar-refractivity contribution in [1.82, 2.24) is 10.2 Å². The van der Waals surface area contributed by atoms with Gasteiger partial charge in [-0.1, -0.05) is 30.3 Å². The summed E-state index contributed by atoms with van der Waals surface area (Å²) in [6.07, 6.45) is 2.45. The summed E-state index contributed by atoms with van der Waals surface area (Å²) in [5.41, 5.74) is 0.436. The molecule has 0 radical (unpaired) electrons. The third kappa shape index (κ3) is 5.34. The molecule has 2 atom stereocenters. The zero-order valence-electron chi connectivity index (χ0n) is 14.6. The summed E-state index contributed by atoms with van der Waals surface area (Å²) in [5, 5.41) is 13.4. The van der Waals surface area contributed by atoms with Crippen molar-refractivity contribution >= 4 is 11.8 Å². The molecule has 0 spiro atoms. The Labute approximate surface area is 144 Å². The molecule has 0 saturated carbocycles. The zero-order chi connectivity index (χ0) is 17.6. The summed E-state index contributed by atoms with van der Waals surface area (Å²) in [6.45, 7) is 5.06. The Morgan fingerprint density at radius 1 is 1.33 bits per heavy atom. The number of hydrogen-bond donors (Lipinski definition) is 2. The largest absolute Gasteiger partial charge is 0.390 e. The zero-order valence-corrected chi connectivity index (χ0v) is 14.6. The Kier molecular flexibility index (Phi) is 6.37. The lowest BCUT2D eigenvalue weighted by Crippen LogP contribution is -2.52. The van der Waals surface area contributed by atoms with E-state index in [1.807, 2.05) is 30.0 Å². The SMILES string of the molecule is CC(=O)NCCCC(=O)N1CC[C@@](C)(O)[C@@H](Cc2ccccc2)C1. The van der Waals surface area contributed by atoms with Crippen LogP contribution >= 0.6 is 0 Å². The summed E-state index contributed by atoms with van der Waals surface area (Å²) in [7, 11) is 0. The van der Waals surface area contributed by atoms with Crippen molar-refractivity contribution in [3.8, 4) is 0 Å². The normalized spacial score (nSPS) is 23.8. The average Bonchev–Trinajstić information content (AvgIpc) is 2.54. The van der Waals surface area contributed by atoms with Crippen molar-refractivity contribution in [3.63, 3.8) is 0 Å². The van der Waals surface area contributed by atoms with Gasteiger partial charge in [-0.25, -0.2) is 0 Å². The van der Waals surface area contributed by atoms with Crippen LogP contribution in [-0.2, 0) is 16.0 Å². The van der Waals surface area contributed by atoms with E-state index in [9.17, 15) is 14.7 Å². The van der Waals surface area contributed by atoms with Gasteiger partial charge < -0.3 is 15.3 Å². The Morgan fingerprint density at radius 3 is 2.71 bits per heavy atom. The Morgan fingerprint density at radius 2 is 2.04 bits per heavy atom. The highest BCUT2D eigenvalue weighted by molar-refractivity contribution is 5.76. The maximum atomic E-state index is 12.4. The number of rotatable bonds is 6. The predicted molar refractivity (Wildman–Crippen MR) is 93.4 cm³/mol. The van der Waals surface area contributed by atoms with Crippen molar-refractivity contribution in [2.75, 3.05) is 19.6 Å². The summed E-state index contributed by atoms with van der Waals surface area (Å²) in [6, 6.07) is 10.1. The molecule has 1 fully saturated rings. The van der Waals surface area contributed by atoms with Crippen LogP contribution in [0, 0.1) is 5.92 Å². The first-order valence-corrected chi connectivity index (χ1v) is 8.67. The number of benzene rings is 1. The lowest BCUT2D eigenvalue weighted by Gasteiger charge is -2.43. The molecular weight excluding hydrogens is 304 g/mol. The van der Waals surface area contributed by atoms with Crippen LogP contribution in [0.3, 0.4) is 0 Å². The molecule has 132 valence electrons. The number of nitrogens with one attached hydrogen (secondary N) is 1. The third-order valence-corrected chi connectivity index (χ3v) is 4.83. The quantitative estimate of drug-likeness (QED) is 0.780. The highest BCUT2D eigenvalue weighted by Crippen LogP contribution is 2.30. The highest BCUT2D eigenvalue weighted by atomic mass is 16.3. The van der Waals surface area contributed by atoms with Gasteiger partial charge in [-0.05, 0) is 31.7 Å². The number of carbonyl (C=O) groups is 2. The van der Waals surface area contributed by atoms with Gasteiger partial charge in [-0.15, -0.1) is 0 Å². The van der Waals surface area contributed by atoms with Crippen LogP contribution in [0.4, 0.5) is 0 Å². The summed E-state index contributed by atoms with van der Waals surface area (Å²) in [5.74, 6) is 0.0706. The molecule has 0 bridgehead atoms.